The Hall–Kier alpha value is -3.65. The van der Waals surface area contributed by atoms with E-state index in [1.165, 1.54) is 6.07 Å². The van der Waals surface area contributed by atoms with Gasteiger partial charge in [-0.25, -0.2) is 8.42 Å². The summed E-state index contributed by atoms with van der Waals surface area (Å²) in [5, 5.41) is 4.45. The standard InChI is InChI=1S/C25H26N4O3S/c1-19-13-14-24(28-33(31,32)18-20-8-3-2-4-9-20)25(30)29(19)17-7-16-27-23-12-5-11-22-21(23)10-6-15-26-22/h2-6,8-15,27-28H,7,16-18H2,1H3. The molecule has 0 fully saturated rings. The quantitative estimate of drug-likeness (QED) is 0.365. The summed E-state index contributed by atoms with van der Waals surface area (Å²) in [6.07, 6.45) is 2.46. The van der Waals surface area contributed by atoms with Crippen LogP contribution in [0.15, 0.2) is 83.8 Å². The second-order valence-corrected chi connectivity index (χ2v) is 9.57. The lowest BCUT2D eigenvalue weighted by Gasteiger charge is -2.14. The molecule has 33 heavy (non-hydrogen) atoms. The highest BCUT2D eigenvalue weighted by atomic mass is 32.2. The molecule has 2 heterocycles. The van der Waals surface area contributed by atoms with Crippen LogP contribution in [-0.4, -0.2) is 24.5 Å². The maximum atomic E-state index is 13.0. The van der Waals surface area contributed by atoms with Crippen molar-refractivity contribution in [3.8, 4) is 0 Å². The van der Waals surface area contributed by atoms with Crippen LogP contribution in [-0.2, 0) is 22.3 Å². The van der Waals surface area contributed by atoms with Crippen molar-refractivity contribution < 1.29 is 8.42 Å². The fourth-order valence-corrected chi connectivity index (χ4v) is 4.94. The summed E-state index contributed by atoms with van der Waals surface area (Å²) >= 11 is 0. The van der Waals surface area contributed by atoms with Gasteiger partial charge in [0.15, 0.2) is 0 Å². The van der Waals surface area contributed by atoms with Gasteiger partial charge < -0.3 is 9.88 Å². The number of benzene rings is 2. The van der Waals surface area contributed by atoms with E-state index < -0.39 is 10.0 Å². The van der Waals surface area contributed by atoms with Gasteiger partial charge in [0.1, 0.15) is 5.69 Å². The van der Waals surface area contributed by atoms with Crippen molar-refractivity contribution in [1.29, 1.82) is 0 Å². The molecule has 0 bridgehead atoms. The second kappa shape index (κ2) is 9.87. The summed E-state index contributed by atoms with van der Waals surface area (Å²) in [6.45, 7) is 2.96. The molecule has 2 N–H and O–H groups in total. The molecular formula is C25H26N4O3S. The monoisotopic (exact) mass is 462 g/mol. The summed E-state index contributed by atoms with van der Waals surface area (Å²) in [6, 6.07) is 22.0. The van der Waals surface area contributed by atoms with E-state index in [9.17, 15) is 13.2 Å². The van der Waals surface area contributed by atoms with E-state index in [1.807, 2.05) is 43.3 Å². The number of fused-ring (bicyclic) bond motifs is 1. The summed E-state index contributed by atoms with van der Waals surface area (Å²) in [5.41, 5.74) is 3.07. The zero-order chi connectivity index (χ0) is 23.3. The lowest BCUT2D eigenvalue weighted by Crippen LogP contribution is -2.28. The van der Waals surface area contributed by atoms with Gasteiger partial charge in [-0.2, -0.15) is 0 Å². The first kappa shape index (κ1) is 22.5. The van der Waals surface area contributed by atoms with Crippen LogP contribution in [0.25, 0.3) is 10.9 Å². The largest absolute Gasteiger partial charge is 0.384 e. The number of hydrogen-bond acceptors (Lipinski definition) is 5. The van der Waals surface area contributed by atoms with Gasteiger partial charge in [-0.3, -0.25) is 14.5 Å². The molecule has 0 saturated heterocycles. The third-order valence-electron chi connectivity index (χ3n) is 5.38. The highest BCUT2D eigenvalue weighted by Crippen LogP contribution is 2.21. The van der Waals surface area contributed by atoms with Crippen LogP contribution >= 0.6 is 0 Å². The Balaban J connectivity index is 1.42. The number of sulfonamides is 1. The molecule has 0 aliphatic heterocycles. The van der Waals surface area contributed by atoms with Crippen molar-refractivity contribution in [3.63, 3.8) is 0 Å². The average Bonchev–Trinajstić information content (AvgIpc) is 2.81. The van der Waals surface area contributed by atoms with Crippen molar-refractivity contribution in [2.45, 2.75) is 25.6 Å². The molecule has 0 radical (unpaired) electrons. The van der Waals surface area contributed by atoms with Gasteiger partial charge in [0.2, 0.25) is 10.0 Å². The fourth-order valence-electron chi connectivity index (χ4n) is 3.74. The Morgan fingerprint density at radius 3 is 2.55 bits per heavy atom. The van der Waals surface area contributed by atoms with Gasteiger partial charge in [-0.15, -0.1) is 0 Å². The lowest BCUT2D eigenvalue weighted by atomic mass is 10.2. The van der Waals surface area contributed by atoms with Crippen LogP contribution < -0.4 is 15.6 Å². The van der Waals surface area contributed by atoms with Crippen molar-refractivity contribution in [2.24, 2.45) is 0 Å². The molecular weight excluding hydrogens is 436 g/mol. The lowest BCUT2D eigenvalue weighted by molar-refractivity contribution is 0.599. The Kier molecular flexibility index (Phi) is 6.74. The number of rotatable bonds is 9. The highest BCUT2D eigenvalue weighted by Gasteiger charge is 2.15. The number of hydrogen-bond donors (Lipinski definition) is 2. The van der Waals surface area contributed by atoms with E-state index >= 15 is 0 Å². The van der Waals surface area contributed by atoms with Crippen LogP contribution in [0.3, 0.4) is 0 Å². The number of aryl methyl sites for hydroxylation is 1. The highest BCUT2D eigenvalue weighted by molar-refractivity contribution is 7.91. The number of nitrogens with one attached hydrogen (secondary N) is 2. The SMILES string of the molecule is Cc1ccc(NS(=O)(=O)Cc2ccccc2)c(=O)n1CCCNc1cccc2ncccc12. The third-order valence-corrected chi connectivity index (χ3v) is 6.62. The first-order valence-corrected chi connectivity index (χ1v) is 12.4. The fraction of sp³-hybridized carbons (Fsp3) is 0.200. The summed E-state index contributed by atoms with van der Waals surface area (Å²) < 4.78 is 29.2. The first-order chi connectivity index (χ1) is 15.9. The Labute approximate surface area is 193 Å². The number of pyridine rings is 2. The van der Waals surface area contributed by atoms with Crippen LogP contribution in [0, 0.1) is 6.92 Å². The van der Waals surface area contributed by atoms with Crippen molar-refractivity contribution in [2.75, 3.05) is 16.6 Å². The van der Waals surface area contributed by atoms with Crippen molar-refractivity contribution >= 4 is 32.3 Å². The van der Waals surface area contributed by atoms with Gasteiger partial charge in [0, 0.05) is 36.1 Å². The van der Waals surface area contributed by atoms with E-state index in [0.717, 1.165) is 22.3 Å². The molecule has 4 aromatic rings. The van der Waals surface area contributed by atoms with Crippen LogP contribution in [0.4, 0.5) is 11.4 Å². The Morgan fingerprint density at radius 1 is 0.909 bits per heavy atom. The predicted molar refractivity (Wildman–Crippen MR) is 133 cm³/mol. The maximum absolute atomic E-state index is 13.0. The normalized spacial score (nSPS) is 11.4. The van der Waals surface area contributed by atoms with E-state index in [2.05, 4.69) is 15.0 Å². The summed E-state index contributed by atoms with van der Waals surface area (Å²) in [4.78, 5) is 17.3. The molecule has 0 aliphatic rings. The number of aromatic nitrogens is 2. The molecule has 0 saturated carbocycles. The second-order valence-electron chi connectivity index (χ2n) is 7.85. The number of anilines is 2. The van der Waals surface area contributed by atoms with Gasteiger partial charge in [0.25, 0.3) is 5.56 Å². The molecule has 2 aromatic heterocycles. The molecule has 0 spiro atoms. The molecule has 0 aliphatic carbocycles. The summed E-state index contributed by atoms with van der Waals surface area (Å²) in [5.74, 6) is -0.190. The molecule has 2 aromatic carbocycles. The Bertz CT molecular complexity index is 1410. The van der Waals surface area contributed by atoms with Crippen molar-refractivity contribution in [1.82, 2.24) is 9.55 Å². The zero-order valence-corrected chi connectivity index (χ0v) is 19.2. The number of nitrogens with zero attached hydrogens (tertiary/aromatic N) is 2. The van der Waals surface area contributed by atoms with Crippen LogP contribution in [0.2, 0.25) is 0 Å². The minimum absolute atomic E-state index is 0.0598. The van der Waals surface area contributed by atoms with Gasteiger partial charge in [-0.05, 0) is 55.3 Å². The zero-order valence-electron chi connectivity index (χ0n) is 18.4. The van der Waals surface area contributed by atoms with Gasteiger partial charge in [-0.1, -0.05) is 36.4 Å². The van der Waals surface area contributed by atoms with E-state index in [-0.39, 0.29) is 17.0 Å². The molecule has 4 rings (SSSR count). The summed E-state index contributed by atoms with van der Waals surface area (Å²) in [7, 11) is -3.70. The maximum Gasteiger partial charge on any atom is 0.275 e. The van der Waals surface area contributed by atoms with Gasteiger partial charge >= 0.3 is 0 Å². The van der Waals surface area contributed by atoms with Crippen LogP contribution in [0.1, 0.15) is 17.7 Å². The minimum atomic E-state index is -3.70. The molecule has 0 atom stereocenters. The van der Waals surface area contributed by atoms with Gasteiger partial charge in [0.05, 0.1) is 11.3 Å². The van der Waals surface area contributed by atoms with E-state index in [4.69, 9.17) is 0 Å². The smallest absolute Gasteiger partial charge is 0.275 e. The average molecular weight is 463 g/mol. The molecule has 170 valence electrons. The molecule has 8 heteroatoms. The molecule has 0 amide bonds. The topological polar surface area (TPSA) is 93.1 Å². The van der Waals surface area contributed by atoms with E-state index in [0.29, 0.717) is 25.1 Å². The molecule has 0 unspecified atom stereocenters. The minimum Gasteiger partial charge on any atom is -0.384 e. The van der Waals surface area contributed by atoms with Crippen LogP contribution in [0.5, 0.6) is 0 Å². The van der Waals surface area contributed by atoms with Crippen molar-refractivity contribution in [3.05, 3.63) is 101 Å². The first-order valence-electron chi connectivity index (χ1n) is 10.8. The Morgan fingerprint density at radius 2 is 1.73 bits per heavy atom. The predicted octanol–water partition coefficient (Wildman–Crippen LogP) is 4.15. The molecule has 7 nitrogen and oxygen atoms in total. The third kappa shape index (κ3) is 5.59. The van der Waals surface area contributed by atoms with E-state index in [1.54, 1.807) is 41.1 Å².